The van der Waals surface area contributed by atoms with Crippen LogP contribution in [-0.2, 0) is 9.59 Å². The van der Waals surface area contributed by atoms with E-state index in [1.165, 1.54) is 17.1 Å². The van der Waals surface area contributed by atoms with E-state index in [2.05, 4.69) is 0 Å². The number of amides is 2. The van der Waals surface area contributed by atoms with Gasteiger partial charge in [0.05, 0.1) is 0 Å². The van der Waals surface area contributed by atoms with E-state index < -0.39 is 0 Å². The highest BCUT2D eigenvalue weighted by molar-refractivity contribution is 6.08. The van der Waals surface area contributed by atoms with Gasteiger partial charge in [-0.1, -0.05) is 12.1 Å². The molecule has 0 radical (unpaired) electrons. The van der Waals surface area contributed by atoms with Crippen molar-refractivity contribution >= 4 is 17.9 Å². The summed E-state index contributed by atoms with van der Waals surface area (Å²) in [7, 11) is 0. The van der Waals surface area contributed by atoms with Crippen LogP contribution in [0.2, 0.25) is 0 Å². The van der Waals surface area contributed by atoms with Gasteiger partial charge in [-0.05, 0) is 23.8 Å². The molecule has 0 aliphatic carbocycles. The van der Waals surface area contributed by atoms with Gasteiger partial charge in [-0.2, -0.15) is 0 Å². The molecule has 1 aromatic carbocycles. The van der Waals surface area contributed by atoms with Crippen LogP contribution in [0.4, 0.5) is 0 Å². The van der Waals surface area contributed by atoms with Crippen LogP contribution in [0.5, 0.6) is 11.5 Å². The Kier molecular flexibility index (Phi) is 3.25. The highest BCUT2D eigenvalue weighted by atomic mass is 16.6. The zero-order valence-corrected chi connectivity index (χ0v) is 10.7. The average molecular weight is 271 g/mol. The molecule has 0 atom stereocenters. The van der Waals surface area contributed by atoms with Gasteiger partial charge in [0, 0.05) is 18.7 Å². The van der Waals surface area contributed by atoms with Crippen molar-refractivity contribution in [2.45, 2.75) is 0 Å². The first-order chi connectivity index (χ1) is 9.74. The number of nitrogens with zero attached hydrogens (tertiary/aromatic N) is 1. The highest BCUT2D eigenvalue weighted by Crippen LogP contribution is 2.31. The number of fused-ring (bicyclic) bond motifs is 1. The summed E-state index contributed by atoms with van der Waals surface area (Å²) in [5.41, 5.74) is 0.821. The Morgan fingerprint density at radius 3 is 2.75 bits per heavy atom. The number of ether oxygens (including phenoxy) is 2. The van der Waals surface area contributed by atoms with Crippen molar-refractivity contribution in [3.05, 3.63) is 42.0 Å². The summed E-state index contributed by atoms with van der Waals surface area (Å²) >= 11 is 0. The zero-order valence-electron chi connectivity index (χ0n) is 10.7. The van der Waals surface area contributed by atoms with Gasteiger partial charge >= 0.3 is 0 Å². The summed E-state index contributed by atoms with van der Waals surface area (Å²) < 4.78 is 10.9. The Hall–Kier alpha value is -2.56. The molecular weight excluding hydrogens is 258 g/mol. The highest BCUT2D eigenvalue weighted by Gasteiger charge is 2.19. The van der Waals surface area contributed by atoms with Crippen LogP contribution in [0.25, 0.3) is 6.08 Å². The standard InChI is InChI=1S/C15H13NO4/c17-14-2-1-7-16(14)15(18)6-4-11-3-5-12-13(10-11)20-9-8-19-12/h1-6,10H,7-9H2/b6-4+. The third-order valence-electron chi connectivity index (χ3n) is 3.07. The molecule has 1 aromatic rings. The Morgan fingerprint density at radius 1 is 1.20 bits per heavy atom. The first kappa shape index (κ1) is 12.5. The lowest BCUT2D eigenvalue weighted by atomic mass is 10.2. The van der Waals surface area contributed by atoms with Crippen molar-refractivity contribution in [3.63, 3.8) is 0 Å². The van der Waals surface area contributed by atoms with Gasteiger partial charge in [-0.25, -0.2) is 0 Å². The Morgan fingerprint density at radius 2 is 2.00 bits per heavy atom. The first-order valence-corrected chi connectivity index (χ1v) is 6.34. The van der Waals surface area contributed by atoms with E-state index >= 15 is 0 Å². The second-order valence-corrected chi connectivity index (χ2v) is 4.43. The van der Waals surface area contributed by atoms with Crippen LogP contribution in [0.3, 0.4) is 0 Å². The lowest BCUT2D eigenvalue weighted by Crippen LogP contribution is -2.30. The van der Waals surface area contributed by atoms with Crippen molar-refractivity contribution in [2.75, 3.05) is 19.8 Å². The largest absolute Gasteiger partial charge is 0.486 e. The molecule has 102 valence electrons. The summed E-state index contributed by atoms with van der Waals surface area (Å²) in [6, 6.07) is 5.45. The lowest BCUT2D eigenvalue weighted by Gasteiger charge is -2.18. The molecule has 5 heteroatoms. The van der Waals surface area contributed by atoms with E-state index in [-0.39, 0.29) is 11.8 Å². The number of imide groups is 1. The average Bonchev–Trinajstić information content (AvgIpc) is 2.91. The van der Waals surface area contributed by atoms with Crippen LogP contribution >= 0.6 is 0 Å². The molecule has 2 amide bonds. The molecule has 0 aromatic heterocycles. The molecule has 0 unspecified atom stereocenters. The number of carbonyl (C=O) groups is 2. The SMILES string of the molecule is O=C1C=CCN1C(=O)/C=C/c1ccc2c(c1)OCCO2. The summed E-state index contributed by atoms with van der Waals surface area (Å²) in [6.07, 6.45) is 6.11. The van der Waals surface area contributed by atoms with E-state index in [1.807, 2.05) is 12.1 Å². The number of carbonyl (C=O) groups excluding carboxylic acids is 2. The molecule has 0 saturated carbocycles. The van der Waals surface area contributed by atoms with Gasteiger partial charge in [0.1, 0.15) is 13.2 Å². The molecule has 0 bridgehead atoms. The van der Waals surface area contributed by atoms with Crippen LogP contribution in [0.1, 0.15) is 5.56 Å². The summed E-state index contributed by atoms with van der Waals surface area (Å²) in [6.45, 7) is 1.40. The monoisotopic (exact) mass is 271 g/mol. The summed E-state index contributed by atoms with van der Waals surface area (Å²) in [5.74, 6) is 0.778. The molecule has 2 aliphatic rings. The number of hydrogen-bond donors (Lipinski definition) is 0. The smallest absolute Gasteiger partial charge is 0.253 e. The molecule has 0 spiro atoms. The predicted octanol–water partition coefficient (Wildman–Crippen LogP) is 1.40. The molecule has 0 N–H and O–H groups in total. The normalized spacial score (nSPS) is 17.0. The van der Waals surface area contributed by atoms with E-state index in [9.17, 15) is 9.59 Å². The summed E-state index contributed by atoms with van der Waals surface area (Å²) in [5, 5.41) is 0. The number of rotatable bonds is 2. The van der Waals surface area contributed by atoms with Gasteiger partial charge < -0.3 is 9.47 Å². The minimum Gasteiger partial charge on any atom is -0.486 e. The topological polar surface area (TPSA) is 55.8 Å². The van der Waals surface area contributed by atoms with Gasteiger partial charge in [0.25, 0.3) is 11.8 Å². The predicted molar refractivity (Wildman–Crippen MR) is 72.3 cm³/mol. The van der Waals surface area contributed by atoms with Gasteiger partial charge in [0.15, 0.2) is 11.5 Å². The van der Waals surface area contributed by atoms with Crippen molar-refractivity contribution in [3.8, 4) is 11.5 Å². The van der Waals surface area contributed by atoms with Gasteiger partial charge in [-0.15, -0.1) is 0 Å². The fourth-order valence-electron chi connectivity index (χ4n) is 2.06. The van der Waals surface area contributed by atoms with E-state index in [0.29, 0.717) is 31.3 Å². The van der Waals surface area contributed by atoms with Crippen molar-refractivity contribution in [1.82, 2.24) is 4.90 Å². The maximum Gasteiger partial charge on any atom is 0.253 e. The zero-order chi connectivity index (χ0) is 13.9. The van der Waals surface area contributed by atoms with E-state index in [4.69, 9.17) is 9.47 Å². The molecule has 2 aliphatic heterocycles. The quantitative estimate of drug-likeness (QED) is 0.763. The molecule has 2 heterocycles. The molecular formula is C15H13NO4. The Balaban J connectivity index is 1.72. The second kappa shape index (κ2) is 5.21. The fraction of sp³-hybridized carbons (Fsp3) is 0.200. The van der Waals surface area contributed by atoms with Crippen molar-refractivity contribution < 1.29 is 19.1 Å². The lowest BCUT2D eigenvalue weighted by molar-refractivity contribution is -0.137. The molecule has 3 rings (SSSR count). The van der Waals surface area contributed by atoms with E-state index in [1.54, 1.807) is 18.2 Å². The molecule has 5 nitrogen and oxygen atoms in total. The van der Waals surface area contributed by atoms with Crippen LogP contribution in [0, 0.1) is 0 Å². The van der Waals surface area contributed by atoms with E-state index in [0.717, 1.165) is 5.56 Å². The van der Waals surface area contributed by atoms with Gasteiger partial charge in [0.2, 0.25) is 0 Å². The summed E-state index contributed by atoms with van der Waals surface area (Å²) in [4.78, 5) is 24.4. The maximum atomic E-state index is 11.8. The first-order valence-electron chi connectivity index (χ1n) is 6.34. The second-order valence-electron chi connectivity index (χ2n) is 4.43. The fourth-order valence-corrected chi connectivity index (χ4v) is 2.06. The third-order valence-corrected chi connectivity index (χ3v) is 3.07. The minimum atomic E-state index is -0.324. The number of benzene rings is 1. The number of hydrogen-bond acceptors (Lipinski definition) is 4. The maximum absolute atomic E-state index is 11.8. The Bertz CT molecular complexity index is 618. The van der Waals surface area contributed by atoms with Gasteiger partial charge in [-0.3, -0.25) is 14.5 Å². The molecule has 20 heavy (non-hydrogen) atoms. The molecule has 0 fully saturated rings. The van der Waals surface area contributed by atoms with Crippen LogP contribution in [-0.4, -0.2) is 36.5 Å². The molecule has 0 saturated heterocycles. The van der Waals surface area contributed by atoms with Crippen molar-refractivity contribution in [1.29, 1.82) is 0 Å². The van der Waals surface area contributed by atoms with Crippen molar-refractivity contribution in [2.24, 2.45) is 0 Å². The van der Waals surface area contributed by atoms with Crippen LogP contribution < -0.4 is 9.47 Å². The van der Waals surface area contributed by atoms with Crippen LogP contribution in [0.15, 0.2) is 36.4 Å². The Labute approximate surface area is 116 Å². The third kappa shape index (κ3) is 2.42. The minimum absolute atomic E-state index is 0.276.